The van der Waals surface area contributed by atoms with Crippen LogP contribution >= 0.6 is 0 Å². The van der Waals surface area contributed by atoms with Crippen molar-refractivity contribution in [1.29, 1.82) is 5.26 Å². The minimum Gasteiger partial charge on any atom is -0.378 e. The highest BCUT2D eigenvalue weighted by Crippen LogP contribution is 2.33. The molecule has 0 spiro atoms. The number of likely N-dealkylation sites (tertiary alicyclic amines) is 1. The number of nitriles is 1. The SMILES string of the molecule is CN(C)c1ccc(NC(=O)N2CCC[C@@H](c3nc(-c4ccccc4CC#N)c4ccccn34)C2)cc1. The maximum absolute atomic E-state index is 13.1. The first-order valence-electron chi connectivity index (χ1n) is 12.3. The van der Waals surface area contributed by atoms with Crippen LogP contribution in [-0.4, -0.2) is 47.5 Å². The van der Waals surface area contributed by atoms with Gasteiger partial charge in [0.25, 0.3) is 0 Å². The molecule has 1 aliphatic rings. The maximum atomic E-state index is 13.1. The van der Waals surface area contributed by atoms with Crippen molar-refractivity contribution in [3.8, 4) is 17.3 Å². The highest BCUT2D eigenvalue weighted by Gasteiger charge is 2.29. The van der Waals surface area contributed by atoms with E-state index in [9.17, 15) is 10.1 Å². The molecule has 5 rings (SSSR count). The van der Waals surface area contributed by atoms with E-state index in [2.05, 4.69) is 21.9 Å². The van der Waals surface area contributed by atoms with Crippen LogP contribution < -0.4 is 10.2 Å². The lowest BCUT2D eigenvalue weighted by Gasteiger charge is -2.32. The predicted molar refractivity (Wildman–Crippen MR) is 143 cm³/mol. The van der Waals surface area contributed by atoms with Crippen molar-refractivity contribution in [2.45, 2.75) is 25.2 Å². The van der Waals surface area contributed by atoms with Crippen molar-refractivity contribution in [2.24, 2.45) is 0 Å². The van der Waals surface area contributed by atoms with Gasteiger partial charge >= 0.3 is 6.03 Å². The number of benzene rings is 2. The Bertz CT molecular complexity index is 1420. The number of piperidine rings is 1. The maximum Gasteiger partial charge on any atom is 0.321 e. The van der Waals surface area contributed by atoms with Gasteiger partial charge < -0.3 is 19.5 Å². The Hall–Kier alpha value is -4.31. The number of nitrogens with one attached hydrogen (secondary N) is 1. The van der Waals surface area contributed by atoms with Crippen LogP contribution in [0.15, 0.2) is 72.9 Å². The molecule has 36 heavy (non-hydrogen) atoms. The summed E-state index contributed by atoms with van der Waals surface area (Å²) < 4.78 is 2.14. The molecule has 0 aliphatic carbocycles. The van der Waals surface area contributed by atoms with Crippen LogP contribution in [0.2, 0.25) is 0 Å². The molecule has 182 valence electrons. The Morgan fingerprint density at radius 1 is 1.11 bits per heavy atom. The number of carbonyl (C=O) groups excluding carboxylic acids is 1. The molecule has 1 atom stereocenters. The van der Waals surface area contributed by atoms with Gasteiger partial charge in [0.05, 0.1) is 23.7 Å². The molecular formula is C29H30N6O. The molecule has 1 aliphatic heterocycles. The summed E-state index contributed by atoms with van der Waals surface area (Å²) in [5.74, 6) is 1.08. The Kier molecular flexibility index (Phi) is 6.59. The van der Waals surface area contributed by atoms with Gasteiger partial charge in [0.2, 0.25) is 0 Å². The smallest absolute Gasteiger partial charge is 0.321 e. The number of nitrogens with zero attached hydrogens (tertiary/aromatic N) is 5. The Morgan fingerprint density at radius 3 is 2.67 bits per heavy atom. The van der Waals surface area contributed by atoms with E-state index in [1.165, 1.54) is 0 Å². The topological polar surface area (TPSA) is 76.7 Å². The second-order valence-corrected chi connectivity index (χ2v) is 9.42. The standard InChI is InChI=1S/C29H30N6O/c1-33(2)24-14-12-23(13-15-24)31-29(36)34-18-7-9-22(20-34)28-32-27(26-11-5-6-19-35(26)28)25-10-4-3-8-21(25)16-17-30/h3-6,8,10-15,19,22H,7,9,16,18,20H2,1-2H3,(H,31,36)/t22-/m1/s1. The zero-order chi connectivity index (χ0) is 25.1. The fourth-order valence-electron chi connectivity index (χ4n) is 4.96. The quantitative estimate of drug-likeness (QED) is 0.408. The molecule has 4 aromatic rings. The van der Waals surface area contributed by atoms with E-state index >= 15 is 0 Å². The summed E-state index contributed by atoms with van der Waals surface area (Å²) in [7, 11) is 3.99. The summed E-state index contributed by atoms with van der Waals surface area (Å²) in [6, 6.07) is 24.1. The first kappa shape index (κ1) is 23.4. The summed E-state index contributed by atoms with van der Waals surface area (Å²) in [4.78, 5) is 22.2. The van der Waals surface area contributed by atoms with Crippen molar-refractivity contribution in [3.63, 3.8) is 0 Å². The number of amides is 2. The predicted octanol–water partition coefficient (Wildman–Crippen LogP) is 5.54. The number of hydrogen-bond acceptors (Lipinski definition) is 4. The highest BCUT2D eigenvalue weighted by atomic mass is 16.2. The molecule has 0 radical (unpaired) electrons. The summed E-state index contributed by atoms with van der Waals surface area (Å²) in [5, 5.41) is 12.4. The molecule has 1 N–H and O–H groups in total. The van der Waals surface area contributed by atoms with E-state index < -0.39 is 0 Å². The largest absolute Gasteiger partial charge is 0.378 e. The third-order valence-electron chi connectivity index (χ3n) is 6.83. The zero-order valence-corrected chi connectivity index (χ0v) is 20.7. The van der Waals surface area contributed by atoms with Crippen molar-refractivity contribution in [2.75, 3.05) is 37.4 Å². The number of carbonyl (C=O) groups is 1. The van der Waals surface area contributed by atoms with E-state index in [1.54, 1.807) is 0 Å². The third kappa shape index (κ3) is 4.63. The second-order valence-electron chi connectivity index (χ2n) is 9.42. The van der Waals surface area contributed by atoms with Gasteiger partial charge in [0.1, 0.15) is 5.82 Å². The lowest BCUT2D eigenvalue weighted by molar-refractivity contribution is 0.191. The van der Waals surface area contributed by atoms with Crippen molar-refractivity contribution < 1.29 is 4.79 Å². The van der Waals surface area contributed by atoms with Gasteiger partial charge in [-0.1, -0.05) is 30.3 Å². The molecule has 0 saturated carbocycles. The number of hydrogen-bond donors (Lipinski definition) is 1. The Morgan fingerprint density at radius 2 is 1.89 bits per heavy atom. The number of aromatic nitrogens is 2. The number of pyridine rings is 1. The first-order valence-corrected chi connectivity index (χ1v) is 12.3. The van der Waals surface area contributed by atoms with Crippen molar-refractivity contribution in [1.82, 2.24) is 14.3 Å². The molecule has 3 heterocycles. The Labute approximate surface area is 211 Å². The van der Waals surface area contributed by atoms with Crippen LogP contribution in [0.25, 0.3) is 16.8 Å². The first-order chi connectivity index (χ1) is 17.5. The van der Waals surface area contributed by atoms with Crippen LogP contribution in [0, 0.1) is 11.3 Å². The summed E-state index contributed by atoms with van der Waals surface area (Å²) >= 11 is 0. The highest BCUT2D eigenvalue weighted by molar-refractivity contribution is 5.89. The van der Waals surface area contributed by atoms with Crippen LogP contribution in [0.5, 0.6) is 0 Å². The number of urea groups is 1. The van der Waals surface area contributed by atoms with Crippen LogP contribution in [0.1, 0.15) is 30.1 Å². The summed E-state index contributed by atoms with van der Waals surface area (Å²) in [6.45, 7) is 1.33. The van der Waals surface area contributed by atoms with Gasteiger partial charge in [-0.15, -0.1) is 0 Å². The van der Waals surface area contributed by atoms with Gasteiger partial charge in [0.15, 0.2) is 0 Å². The molecule has 2 aromatic carbocycles. The number of fused-ring (bicyclic) bond motifs is 1. The molecule has 1 fully saturated rings. The fraction of sp³-hybridized carbons (Fsp3) is 0.276. The summed E-state index contributed by atoms with van der Waals surface area (Å²) in [6.07, 6.45) is 4.26. The molecule has 1 saturated heterocycles. The third-order valence-corrected chi connectivity index (χ3v) is 6.83. The molecule has 0 unspecified atom stereocenters. The fourth-order valence-corrected chi connectivity index (χ4v) is 4.96. The van der Waals surface area contributed by atoms with E-state index in [0.29, 0.717) is 13.0 Å². The zero-order valence-electron chi connectivity index (χ0n) is 20.7. The number of anilines is 2. The van der Waals surface area contributed by atoms with Crippen LogP contribution in [0.4, 0.5) is 16.2 Å². The van der Waals surface area contributed by atoms with Gasteiger partial charge in [-0.3, -0.25) is 0 Å². The van der Waals surface area contributed by atoms with Gasteiger partial charge in [-0.25, -0.2) is 9.78 Å². The number of imidazole rings is 1. The average Bonchev–Trinajstić information content (AvgIpc) is 3.29. The average molecular weight is 479 g/mol. The molecule has 2 aromatic heterocycles. The molecule has 7 nitrogen and oxygen atoms in total. The molecular weight excluding hydrogens is 448 g/mol. The van der Waals surface area contributed by atoms with Crippen LogP contribution in [0.3, 0.4) is 0 Å². The molecule has 2 amide bonds. The van der Waals surface area contributed by atoms with E-state index in [1.807, 2.05) is 90.8 Å². The Balaban J connectivity index is 1.41. The lowest BCUT2D eigenvalue weighted by Crippen LogP contribution is -2.42. The monoisotopic (exact) mass is 478 g/mol. The van der Waals surface area contributed by atoms with Gasteiger partial charge in [0, 0.05) is 56.2 Å². The molecule has 0 bridgehead atoms. The van der Waals surface area contributed by atoms with Crippen LogP contribution in [-0.2, 0) is 6.42 Å². The van der Waals surface area contributed by atoms with Crippen molar-refractivity contribution in [3.05, 3.63) is 84.3 Å². The minimum absolute atomic E-state index is 0.0854. The van der Waals surface area contributed by atoms with E-state index in [0.717, 1.165) is 58.9 Å². The number of rotatable bonds is 5. The second kappa shape index (κ2) is 10.1. The van der Waals surface area contributed by atoms with E-state index in [4.69, 9.17) is 4.98 Å². The van der Waals surface area contributed by atoms with E-state index in [-0.39, 0.29) is 11.9 Å². The minimum atomic E-state index is -0.0854. The van der Waals surface area contributed by atoms with Gasteiger partial charge in [-0.2, -0.15) is 5.26 Å². The van der Waals surface area contributed by atoms with Gasteiger partial charge in [-0.05, 0) is 54.8 Å². The summed E-state index contributed by atoms with van der Waals surface area (Å²) in [5.41, 5.74) is 5.74. The normalized spacial score (nSPS) is 15.5. The van der Waals surface area contributed by atoms with Crippen molar-refractivity contribution >= 4 is 22.9 Å². The molecule has 7 heteroatoms. The lowest BCUT2D eigenvalue weighted by atomic mass is 9.97.